The van der Waals surface area contributed by atoms with Crippen LogP contribution in [0.2, 0.25) is 0 Å². The van der Waals surface area contributed by atoms with Gasteiger partial charge in [0.25, 0.3) is 0 Å². The molecule has 0 aliphatic rings. The van der Waals surface area contributed by atoms with Gasteiger partial charge in [-0.1, -0.05) is 0 Å². The lowest BCUT2D eigenvalue weighted by Gasteiger charge is -2.07. The van der Waals surface area contributed by atoms with E-state index in [1.54, 1.807) is 34.6 Å². The quantitative estimate of drug-likeness (QED) is 0.594. The van der Waals surface area contributed by atoms with Crippen LogP contribution in [-0.4, -0.2) is 24.7 Å². The number of pyridine rings is 1. The van der Waals surface area contributed by atoms with E-state index >= 15 is 0 Å². The van der Waals surface area contributed by atoms with Gasteiger partial charge in [-0.15, -0.1) is 11.3 Å². The lowest BCUT2D eigenvalue weighted by molar-refractivity contribution is 0.768. The Morgan fingerprint density at radius 3 is 3.00 bits per heavy atom. The maximum atomic E-state index is 5.95. The summed E-state index contributed by atoms with van der Waals surface area (Å²) in [7, 11) is 1.86. The normalized spacial score (nSPS) is 11.0. The van der Waals surface area contributed by atoms with Crippen LogP contribution in [0.3, 0.4) is 0 Å². The average molecular weight is 337 g/mol. The third-order valence-electron chi connectivity index (χ3n) is 3.60. The van der Waals surface area contributed by atoms with Crippen molar-refractivity contribution in [3.05, 3.63) is 48.0 Å². The van der Waals surface area contributed by atoms with Gasteiger partial charge in [-0.25, -0.2) is 9.97 Å². The number of nitrogen functional groups attached to an aromatic ring is 1. The molecule has 0 saturated heterocycles. The smallest absolute Gasteiger partial charge is 0.169 e. The van der Waals surface area contributed by atoms with Crippen LogP contribution in [0.4, 0.5) is 11.6 Å². The molecule has 0 aromatic carbocycles. The van der Waals surface area contributed by atoms with Crippen molar-refractivity contribution in [2.75, 3.05) is 11.1 Å². The third kappa shape index (κ3) is 2.79. The van der Waals surface area contributed by atoms with Gasteiger partial charge >= 0.3 is 0 Å². The van der Waals surface area contributed by atoms with Crippen molar-refractivity contribution in [1.82, 2.24) is 24.7 Å². The first-order chi connectivity index (χ1) is 11.7. The molecule has 0 aliphatic carbocycles. The molecule has 4 rings (SSSR count). The first-order valence-electron chi connectivity index (χ1n) is 7.37. The zero-order valence-corrected chi connectivity index (χ0v) is 13.8. The van der Waals surface area contributed by atoms with Crippen molar-refractivity contribution in [1.29, 1.82) is 0 Å². The Bertz CT molecular complexity index is 972. The number of hydrogen-bond donors (Lipinski definition) is 2. The van der Waals surface area contributed by atoms with Gasteiger partial charge < -0.3 is 11.1 Å². The predicted molar refractivity (Wildman–Crippen MR) is 95.6 cm³/mol. The van der Waals surface area contributed by atoms with Crippen molar-refractivity contribution in [3.8, 4) is 11.3 Å². The van der Waals surface area contributed by atoms with Gasteiger partial charge in [0.05, 0.1) is 24.6 Å². The second-order valence-corrected chi connectivity index (χ2v) is 6.54. The van der Waals surface area contributed by atoms with E-state index in [4.69, 9.17) is 5.73 Å². The average Bonchev–Trinajstić information content (AvgIpc) is 3.20. The molecule has 0 aliphatic heterocycles. The monoisotopic (exact) mass is 337 g/mol. The molecule has 4 heterocycles. The van der Waals surface area contributed by atoms with Crippen molar-refractivity contribution >= 4 is 33.1 Å². The zero-order chi connectivity index (χ0) is 16.5. The number of thiophene rings is 1. The van der Waals surface area contributed by atoms with Crippen molar-refractivity contribution in [3.63, 3.8) is 0 Å². The molecule has 0 amide bonds. The molecule has 0 fully saturated rings. The number of fused-ring (bicyclic) bond motifs is 1. The van der Waals surface area contributed by atoms with Gasteiger partial charge in [-0.2, -0.15) is 5.10 Å². The van der Waals surface area contributed by atoms with E-state index in [9.17, 15) is 0 Å². The highest BCUT2D eigenvalue weighted by molar-refractivity contribution is 7.19. The number of nitrogens with zero attached hydrogens (tertiary/aromatic N) is 5. The molecule has 3 N–H and O–H groups in total. The lowest BCUT2D eigenvalue weighted by atomic mass is 10.3. The molecule has 4 aromatic heterocycles. The van der Waals surface area contributed by atoms with Gasteiger partial charge in [0.1, 0.15) is 0 Å². The molecular weight excluding hydrogens is 322 g/mol. The number of rotatable bonds is 4. The standard InChI is InChI=1S/C16H15N7S/c1-23-9-11(6-21-23)13-8-19-15(17)16(22-13)20-7-12-4-10-5-18-3-2-14(10)24-12/h2-6,8-9H,7H2,1H3,(H2,17,19)(H,20,22). The van der Waals surface area contributed by atoms with E-state index in [1.807, 2.05) is 25.5 Å². The first-order valence-corrected chi connectivity index (χ1v) is 8.18. The molecule has 0 saturated carbocycles. The largest absolute Gasteiger partial charge is 0.381 e. The molecule has 120 valence electrons. The SMILES string of the molecule is Cn1cc(-c2cnc(N)c(NCc3cc4cnccc4s3)n2)cn1. The van der Waals surface area contributed by atoms with Crippen LogP contribution >= 0.6 is 11.3 Å². The number of nitrogens with two attached hydrogens (primary N) is 1. The van der Waals surface area contributed by atoms with Crippen LogP contribution in [-0.2, 0) is 13.6 Å². The van der Waals surface area contributed by atoms with Crippen LogP contribution in [0.1, 0.15) is 4.88 Å². The van der Waals surface area contributed by atoms with E-state index in [0.29, 0.717) is 18.2 Å². The highest BCUT2D eigenvalue weighted by Gasteiger charge is 2.09. The van der Waals surface area contributed by atoms with Gasteiger partial charge in [0.2, 0.25) is 0 Å². The zero-order valence-electron chi connectivity index (χ0n) is 13.0. The summed E-state index contributed by atoms with van der Waals surface area (Å²) in [4.78, 5) is 14.1. The maximum Gasteiger partial charge on any atom is 0.169 e. The molecule has 7 nitrogen and oxygen atoms in total. The Balaban J connectivity index is 1.57. The number of nitrogens with one attached hydrogen (secondary N) is 1. The van der Waals surface area contributed by atoms with Crippen molar-refractivity contribution in [2.24, 2.45) is 7.05 Å². The van der Waals surface area contributed by atoms with Crippen molar-refractivity contribution < 1.29 is 0 Å². The second kappa shape index (κ2) is 5.89. The Kier molecular flexibility index (Phi) is 3.58. The second-order valence-electron chi connectivity index (χ2n) is 5.37. The lowest BCUT2D eigenvalue weighted by Crippen LogP contribution is -2.06. The number of hydrogen-bond acceptors (Lipinski definition) is 7. The van der Waals surface area contributed by atoms with E-state index in [-0.39, 0.29) is 0 Å². The number of anilines is 2. The van der Waals surface area contributed by atoms with Gasteiger partial charge in [-0.05, 0) is 12.1 Å². The van der Waals surface area contributed by atoms with Gasteiger partial charge in [0, 0.05) is 46.2 Å². The topological polar surface area (TPSA) is 94.5 Å². The van der Waals surface area contributed by atoms with E-state index in [2.05, 4.69) is 31.4 Å². The van der Waals surface area contributed by atoms with Crippen LogP contribution in [0.15, 0.2) is 43.1 Å². The Hall–Kier alpha value is -3.00. The molecule has 0 bridgehead atoms. The molecular formula is C16H15N7S. The molecule has 0 spiro atoms. The molecule has 4 aromatic rings. The summed E-state index contributed by atoms with van der Waals surface area (Å²) in [6, 6.07) is 4.13. The van der Waals surface area contributed by atoms with Crippen molar-refractivity contribution in [2.45, 2.75) is 6.54 Å². The summed E-state index contributed by atoms with van der Waals surface area (Å²) in [6.45, 7) is 0.634. The van der Waals surface area contributed by atoms with Crippen LogP contribution in [0.5, 0.6) is 0 Å². The highest BCUT2D eigenvalue weighted by atomic mass is 32.1. The third-order valence-corrected chi connectivity index (χ3v) is 4.72. The van der Waals surface area contributed by atoms with E-state index in [1.165, 1.54) is 9.58 Å². The Morgan fingerprint density at radius 1 is 1.29 bits per heavy atom. The van der Waals surface area contributed by atoms with E-state index < -0.39 is 0 Å². The van der Waals surface area contributed by atoms with Crippen LogP contribution in [0, 0.1) is 0 Å². The summed E-state index contributed by atoms with van der Waals surface area (Å²) >= 11 is 1.72. The molecule has 0 atom stereocenters. The maximum absolute atomic E-state index is 5.95. The molecule has 0 unspecified atom stereocenters. The fraction of sp³-hybridized carbons (Fsp3) is 0.125. The number of aromatic nitrogens is 5. The fourth-order valence-electron chi connectivity index (χ4n) is 2.42. The molecule has 0 radical (unpaired) electrons. The Morgan fingerprint density at radius 2 is 2.21 bits per heavy atom. The Labute approximate surface area is 142 Å². The molecule has 8 heteroatoms. The summed E-state index contributed by atoms with van der Waals surface area (Å²) in [6.07, 6.45) is 8.97. The minimum Gasteiger partial charge on any atom is -0.381 e. The van der Waals surface area contributed by atoms with Gasteiger partial charge in [0.15, 0.2) is 11.6 Å². The number of aryl methyl sites for hydroxylation is 1. The summed E-state index contributed by atoms with van der Waals surface area (Å²) in [5.74, 6) is 0.956. The van der Waals surface area contributed by atoms with E-state index in [0.717, 1.165) is 16.6 Å². The molecule has 24 heavy (non-hydrogen) atoms. The van der Waals surface area contributed by atoms with Crippen LogP contribution < -0.4 is 11.1 Å². The summed E-state index contributed by atoms with van der Waals surface area (Å²) < 4.78 is 2.94. The van der Waals surface area contributed by atoms with Gasteiger partial charge in [-0.3, -0.25) is 9.67 Å². The fourth-order valence-corrected chi connectivity index (χ4v) is 3.39. The summed E-state index contributed by atoms with van der Waals surface area (Å²) in [5, 5.41) is 8.57. The first kappa shape index (κ1) is 14.6. The minimum atomic E-state index is 0.380. The highest BCUT2D eigenvalue weighted by Crippen LogP contribution is 2.26. The predicted octanol–water partition coefficient (Wildman–Crippen LogP) is 2.68. The summed E-state index contributed by atoms with van der Waals surface area (Å²) in [5.41, 5.74) is 7.59. The minimum absolute atomic E-state index is 0.380. The van der Waals surface area contributed by atoms with Crippen LogP contribution in [0.25, 0.3) is 21.3 Å².